The molecule has 0 unspecified atom stereocenters. The molecule has 0 aromatic heterocycles. The summed E-state index contributed by atoms with van der Waals surface area (Å²) in [6, 6.07) is 4.75. The van der Waals surface area contributed by atoms with Crippen molar-refractivity contribution in [3.8, 4) is 0 Å². The van der Waals surface area contributed by atoms with Crippen LogP contribution in [0.2, 0.25) is 0 Å². The lowest BCUT2D eigenvalue weighted by atomic mass is 9.80. The van der Waals surface area contributed by atoms with Gasteiger partial charge in [-0.3, -0.25) is 4.79 Å². The molecule has 0 amide bonds. The summed E-state index contributed by atoms with van der Waals surface area (Å²) in [7, 11) is 0. The zero-order chi connectivity index (χ0) is 12.5. The van der Waals surface area contributed by atoms with E-state index in [1.54, 1.807) is 12.1 Å². The first kappa shape index (κ1) is 12.7. The van der Waals surface area contributed by atoms with Crippen molar-refractivity contribution in [2.24, 2.45) is 0 Å². The van der Waals surface area contributed by atoms with Crippen LogP contribution < -0.4 is 0 Å². The second kappa shape index (κ2) is 4.86. The van der Waals surface area contributed by atoms with Gasteiger partial charge in [0.15, 0.2) is 0 Å². The van der Waals surface area contributed by atoms with Crippen LogP contribution in [0.15, 0.2) is 22.7 Å². The van der Waals surface area contributed by atoms with Crippen molar-refractivity contribution >= 4 is 21.7 Å². The van der Waals surface area contributed by atoms with Crippen molar-refractivity contribution in [1.29, 1.82) is 0 Å². The number of ketones is 1. The first-order chi connectivity index (χ1) is 7.98. The lowest BCUT2D eigenvalue weighted by Crippen LogP contribution is -2.36. The molecule has 1 fully saturated rings. The highest BCUT2D eigenvalue weighted by Gasteiger charge is 2.32. The fraction of sp³-hybridized carbons (Fsp3) is 0.462. The van der Waals surface area contributed by atoms with Gasteiger partial charge in [0.2, 0.25) is 0 Å². The first-order valence-electron chi connectivity index (χ1n) is 5.67. The Morgan fingerprint density at radius 1 is 1.35 bits per heavy atom. The van der Waals surface area contributed by atoms with Crippen LogP contribution in [-0.4, -0.2) is 16.5 Å². The van der Waals surface area contributed by atoms with Gasteiger partial charge in [0, 0.05) is 19.3 Å². The maximum Gasteiger partial charge on any atom is 0.137 e. The van der Waals surface area contributed by atoms with Crippen LogP contribution in [0.25, 0.3) is 0 Å². The largest absolute Gasteiger partial charge is 0.390 e. The van der Waals surface area contributed by atoms with E-state index >= 15 is 0 Å². The summed E-state index contributed by atoms with van der Waals surface area (Å²) in [5, 5.41) is 10.3. The van der Waals surface area contributed by atoms with Crippen molar-refractivity contribution in [3.05, 3.63) is 34.1 Å². The Hall–Kier alpha value is -0.740. The molecular weight excluding hydrogens is 287 g/mol. The third kappa shape index (κ3) is 3.13. The summed E-state index contributed by atoms with van der Waals surface area (Å²) < 4.78 is 13.5. The average Bonchev–Trinajstić information content (AvgIpc) is 2.28. The standard InChI is InChI=1S/C13H14BrFO2/c14-11-7-9(1-2-12(11)15)8-13(17)5-3-10(16)4-6-13/h1-2,7,17H,3-6,8H2. The number of carbonyl (C=O) groups excluding carboxylic acids is 1. The Bertz CT molecular complexity index is 435. The van der Waals surface area contributed by atoms with Gasteiger partial charge in [-0.15, -0.1) is 0 Å². The summed E-state index contributed by atoms with van der Waals surface area (Å²) in [4.78, 5) is 11.1. The van der Waals surface area contributed by atoms with E-state index in [1.165, 1.54) is 6.07 Å². The Kier molecular flexibility index (Phi) is 3.64. The number of carbonyl (C=O) groups is 1. The molecule has 17 heavy (non-hydrogen) atoms. The highest BCUT2D eigenvalue weighted by Crippen LogP contribution is 2.30. The van der Waals surface area contributed by atoms with Crippen molar-refractivity contribution in [2.45, 2.75) is 37.7 Å². The van der Waals surface area contributed by atoms with Crippen molar-refractivity contribution in [1.82, 2.24) is 0 Å². The fourth-order valence-electron chi connectivity index (χ4n) is 2.20. The minimum Gasteiger partial charge on any atom is -0.390 e. The predicted molar refractivity (Wildman–Crippen MR) is 66.2 cm³/mol. The van der Waals surface area contributed by atoms with Gasteiger partial charge in [-0.05, 0) is 46.5 Å². The molecule has 1 aliphatic rings. The van der Waals surface area contributed by atoms with E-state index in [0.29, 0.717) is 36.6 Å². The topological polar surface area (TPSA) is 37.3 Å². The van der Waals surface area contributed by atoms with Crippen LogP contribution in [0.5, 0.6) is 0 Å². The van der Waals surface area contributed by atoms with Gasteiger partial charge in [-0.2, -0.15) is 0 Å². The van der Waals surface area contributed by atoms with E-state index in [2.05, 4.69) is 15.9 Å². The van der Waals surface area contributed by atoms with Crippen LogP contribution in [-0.2, 0) is 11.2 Å². The molecular formula is C13H14BrFO2. The van der Waals surface area contributed by atoms with Gasteiger partial charge in [-0.25, -0.2) is 4.39 Å². The second-order valence-corrected chi connectivity index (χ2v) is 5.54. The number of benzene rings is 1. The molecule has 0 bridgehead atoms. The molecule has 1 saturated carbocycles. The van der Waals surface area contributed by atoms with Crippen LogP contribution >= 0.6 is 15.9 Å². The molecule has 2 rings (SSSR count). The van der Waals surface area contributed by atoms with Crippen LogP contribution in [0.3, 0.4) is 0 Å². The van der Waals surface area contributed by atoms with Crippen molar-refractivity contribution < 1.29 is 14.3 Å². The third-order valence-electron chi connectivity index (χ3n) is 3.26. The number of Topliss-reactive ketones (excluding diaryl/α,β-unsaturated/α-hetero) is 1. The molecule has 0 radical (unpaired) electrons. The molecule has 2 nitrogen and oxygen atoms in total. The van der Waals surface area contributed by atoms with Gasteiger partial charge >= 0.3 is 0 Å². The maximum absolute atomic E-state index is 13.1. The first-order valence-corrected chi connectivity index (χ1v) is 6.46. The van der Waals surface area contributed by atoms with Gasteiger partial charge in [0.1, 0.15) is 11.6 Å². The monoisotopic (exact) mass is 300 g/mol. The molecule has 0 atom stereocenters. The summed E-state index contributed by atoms with van der Waals surface area (Å²) in [5.41, 5.74) is 0.0701. The van der Waals surface area contributed by atoms with E-state index in [4.69, 9.17) is 0 Å². The predicted octanol–water partition coefficient (Wildman–Crippen LogP) is 3.00. The smallest absolute Gasteiger partial charge is 0.137 e. The summed E-state index contributed by atoms with van der Waals surface area (Å²) >= 11 is 3.13. The molecule has 1 aliphatic carbocycles. The van der Waals surface area contributed by atoms with Gasteiger partial charge < -0.3 is 5.11 Å². The van der Waals surface area contributed by atoms with E-state index < -0.39 is 5.60 Å². The molecule has 0 spiro atoms. The Balaban J connectivity index is 2.09. The summed E-state index contributed by atoms with van der Waals surface area (Å²) in [6.45, 7) is 0. The van der Waals surface area contributed by atoms with Gasteiger partial charge in [0.05, 0.1) is 10.1 Å². The second-order valence-electron chi connectivity index (χ2n) is 4.69. The number of rotatable bonds is 2. The molecule has 1 aromatic carbocycles. The Morgan fingerprint density at radius 3 is 2.59 bits per heavy atom. The highest BCUT2D eigenvalue weighted by atomic mass is 79.9. The van der Waals surface area contributed by atoms with Crippen LogP contribution in [0.4, 0.5) is 4.39 Å². The molecule has 4 heteroatoms. The molecule has 92 valence electrons. The quantitative estimate of drug-likeness (QED) is 0.912. The van der Waals surface area contributed by atoms with E-state index in [-0.39, 0.29) is 11.6 Å². The normalized spacial score (nSPS) is 19.4. The maximum atomic E-state index is 13.1. The van der Waals surface area contributed by atoms with Crippen molar-refractivity contribution in [3.63, 3.8) is 0 Å². The summed E-state index contributed by atoms with van der Waals surface area (Å²) in [5.74, 6) is -0.0884. The number of halogens is 2. The minimum absolute atomic E-state index is 0.218. The fourth-order valence-corrected chi connectivity index (χ4v) is 2.63. The van der Waals surface area contributed by atoms with E-state index in [0.717, 1.165) is 5.56 Å². The molecule has 1 aromatic rings. The molecule has 0 heterocycles. The Morgan fingerprint density at radius 2 is 2.00 bits per heavy atom. The van der Waals surface area contributed by atoms with Gasteiger partial charge in [-0.1, -0.05) is 6.07 Å². The zero-order valence-corrected chi connectivity index (χ0v) is 11.0. The van der Waals surface area contributed by atoms with E-state index in [9.17, 15) is 14.3 Å². The van der Waals surface area contributed by atoms with Crippen LogP contribution in [0, 0.1) is 5.82 Å². The zero-order valence-electron chi connectivity index (χ0n) is 9.38. The van der Waals surface area contributed by atoms with Gasteiger partial charge in [0.25, 0.3) is 0 Å². The third-order valence-corrected chi connectivity index (χ3v) is 3.86. The SMILES string of the molecule is O=C1CCC(O)(Cc2ccc(F)c(Br)c2)CC1. The number of hydrogen-bond acceptors (Lipinski definition) is 2. The van der Waals surface area contributed by atoms with Crippen molar-refractivity contribution in [2.75, 3.05) is 0 Å². The average molecular weight is 301 g/mol. The molecule has 0 aliphatic heterocycles. The van der Waals surface area contributed by atoms with E-state index in [1.807, 2.05) is 0 Å². The molecule has 1 N–H and O–H groups in total. The number of aliphatic hydroxyl groups is 1. The molecule has 0 saturated heterocycles. The summed E-state index contributed by atoms with van der Waals surface area (Å²) in [6.07, 6.45) is 2.36. The minimum atomic E-state index is -0.814. The number of hydrogen-bond donors (Lipinski definition) is 1. The Labute approximate surface area is 108 Å². The lowest BCUT2D eigenvalue weighted by molar-refractivity contribution is -0.125. The van der Waals surface area contributed by atoms with Crippen LogP contribution in [0.1, 0.15) is 31.2 Å². The lowest BCUT2D eigenvalue weighted by Gasteiger charge is -2.31. The highest BCUT2D eigenvalue weighted by molar-refractivity contribution is 9.10.